The third-order valence-electron chi connectivity index (χ3n) is 2.06. The van der Waals surface area contributed by atoms with Gasteiger partial charge >= 0.3 is 0 Å². The molecule has 1 aliphatic heterocycles. The first-order valence-corrected chi connectivity index (χ1v) is 6.00. The highest BCUT2D eigenvalue weighted by Gasteiger charge is 2.28. The van der Waals surface area contributed by atoms with E-state index in [0.29, 0.717) is 19.6 Å². The first-order valence-electron chi connectivity index (χ1n) is 4.56. The molecule has 1 heterocycles. The molecule has 0 amide bonds. The van der Waals surface area contributed by atoms with Gasteiger partial charge in [-0.25, -0.2) is 4.72 Å². The van der Waals surface area contributed by atoms with E-state index in [-0.39, 0.29) is 6.04 Å². The fraction of sp³-hybridized carbons (Fsp3) is 1.00. The van der Waals surface area contributed by atoms with Gasteiger partial charge in [0.05, 0.1) is 0 Å². The summed E-state index contributed by atoms with van der Waals surface area (Å²) in [5, 5.41) is 0. The maximum absolute atomic E-state index is 11.5. The maximum atomic E-state index is 11.5. The molecule has 1 saturated heterocycles. The molecule has 0 saturated carbocycles. The molecule has 5 nitrogen and oxygen atoms in total. The quantitative estimate of drug-likeness (QED) is 0.638. The van der Waals surface area contributed by atoms with Gasteiger partial charge in [0.2, 0.25) is 0 Å². The fourth-order valence-corrected chi connectivity index (χ4v) is 2.67. The summed E-state index contributed by atoms with van der Waals surface area (Å²) in [6.45, 7) is 3.41. The average Bonchev–Trinajstić information content (AvgIpc) is 2.49. The van der Waals surface area contributed by atoms with Crippen molar-refractivity contribution in [3.63, 3.8) is 0 Å². The Labute approximate surface area is 79.5 Å². The second-order valence-corrected chi connectivity index (χ2v) is 5.06. The minimum absolute atomic E-state index is 0.00167. The molecular formula is C7H17N3O2S. The molecule has 3 N–H and O–H groups in total. The predicted octanol–water partition coefficient (Wildman–Crippen LogP) is -0.736. The van der Waals surface area contributed by atoms with Crippen LogP contribution in [0.25, 0.3) is 0 Å². The molecule has 0 aliphatic carbocycles. The summed E-state index contributed by atoms with van der Waals surface area (Å²) in [5.41, 5.74) is 5.62. The zero-order valence-electron chi connectivity index (χ0n) is 7.86. The highest BCUT2D eigenvalue weighted by molar-refractivity contribution is 7.87. The molecule has 0 radical (unpaired) electrons. The zero-order valence-corrected chi connectivity index (χ0v) is 8.68. The van der Waals surface area contributed by atoms with Gasteiger partial charge in [-0.2, -0.15) is 12.7 Å². The Bertz CT molecular complexity index is 252. The molecule has 6 heteroatoms. The van der Waals surface area contributed by atoms with E-state index >= 15 is 0 Å². The normalized spacial score (nSPS) is 25.2. The molecule has 1 unspecified atom stereocenters. The van der Waals surface area contributed by atoms with Gasteiger partial charge in [-0.15, -0.1) is 0 Å². The van der Waals surface area contributed by atoms with Crippen LogP contribution in [0.5, 0.6) is 0 Å². The lowest BCUT2D eigenvalue weighted by Gasteiger charge is -2.15. The van der Waals surface area contributed by atoms with E-state index in [9.17, 15) is 8.42 Å². The third kappa shape index (κ3) is 2.91. The van der Waals surface area contributed by atoms with Crippen LogP contribution >= 0.6 is 0 Å². The van der Waals surface area contributed by atoms with E-state index in [1.54, 1.807) is 0 Å². The number of hydrogen-bond donors (Lipinski definition) is 2. The molecule has 0 aromatic rings. The maximum Gasteiger partial charge on any atom is 0.279 e. The van der Waals surface area contributed by atoms with E-state index < -0.39 is 10.2 Å². The smallest absolute Gasteiger partial charge is 0.279 e. The fourth-order valence-electron chi connectivity index (χ4n) is 1.29. The molecule has 78 valence electrons. The Kier molecular flexibility index (Phi) is 3.66. The lowest BCUT2D eigenvalue weighted by molar-refractivity contribution is 0.460. The summed E-state index contributed by atoms with van der Waals surface area (Å²) in [4.78, 5) is 0. The van der Waals surface area contributed by atoms with Crippen LogP contribution in [0.3, 0.4) is 0 Å². The number of nitrogens with zero attached hydrogens (tertiary/aromatic N) is 1. The van der Waals surface area contributed by atoms with Crippen LogP contribution in [0.2, 0.25) is 0 Å². The van der Waals surface area contributed by atoms with E-state index in [4.69, 9.17) is 5.73 Å². The van der Waals surface area contributed by atoms with E-state index in [2.05, 4.69) is 4.72 Å². The van der Waals surface area contributed by atoms with Crippen molar-refractivity contribution in [3.05, 3.63) is 0 Å². The molecule has 0 spiro atoms. The van der Waals surface area contributed by atoms with Crippen LogP contribution in [0.4, 0.5) is 0 Å². The van der Waals surface area contributed by atoms with Crippen molar-refractivity contribution in [2.45, 2.75) is 25.8 Å². The van der Waals surface area contributed by atoms with Crippen molar-refractivity contribution in [1.82, 2.24) is 9.03 Å². The molecule has 1 rings (SSSR count). The summed E-state index contributed by atoms with van der Waals surface area (Å²) in [5.74, 6) is 0. The summed E-state index contributed by atoms with van der Waals surface area (Å²) >= 11 is 0. The molecule has 1 fully saturated rings. The SMILES string of the molecule is CCCNS(=O)(=O)N1CCC(N)C1. The molecule has 0 bridgehead atoms. The van der Waals surface area contributed by atoms with Gasteiger partial charge in [0, 0.05) is 25.7 Å². The Hall–Kier alpha value is -0.170. The molecule has 13 heavy (non-hydrogen) atoms. The van der Waals surface area contributed by atoms with Crippen LogP contribution in [-0.2, 0) is 10.2 Å². The topological polar surface area (TPSA) is 75.4 Å². The molecular weight excluding hydrogens is 190 g/mol. The summed E-state index contributed by atoms with van der Waals surface area (Å²) in [6.07, 6.45) is 1.56. The number of nitrogens with one attached hydrogen (secondary N) is 1. The van der Waals surface area contributed by atoms with Crippen molar-refractivity contribution in [2.75, 3.05) is 19.6 Å². The van der Waals surface area contributed by atoms with E-state index in [0.717, 1.165) is 12.8 Å². The van der Waals surface area contributed by atoms with Gasteiger partial charge in [-0.3, -0.25) is 0 Å². The van der Waals surface area contributed by atoms with Crippen LogP contribution in [0.1, 0.15) is 19.8 Å². The minimum atomic E-state index is -3.25. The summed E-state index contributed by atoms with van der Waals surface area (Å²) in [7, 11) is -3.25. The lowest BCUT2D eigenvalue weighted by atomic mass is 10.3. The monoisotopic (exact) mass is 207 g/mol. The van der Waals surface area contributed by atoms with Crippen molar-refractivity contribution >= 4 is 10.2 Å². The number of nitrogens with two attached hydrogens (primary N) is 1. The van der Waals surface area contributed by atoms with Crippen molar-refractivity contribution in [2.24, 2.45) is 5.73 Å². The Balaban J connectivity index is 2.50. The Morgan fingerprint density at radius 2 is 2.31 bits per heavy atom. The minimum Gasteiger partial charge on any atom is -0.326 e. The highest BCUT2D eigenvalue weighted by Crippen LogP contribution is 2.10. The largest absolute Gasteiger partial charge is 0.326 e. The molecule has 0 aromatic carbocycles. The van der Waals surface area contributed by atoms with Gasteiger partial charge in [0.15, 0.2) is 0 Å². The first-order chi connectivity index (χ1) is 6.06. The average molecular weight is 207 g/mol. The van der Waals surface area contributed by atoms with Crippen LogP contribution in [-0.4, -0.2) is 38.4 Å². The van der Waals surface area contributed by atoms with Gasteiger partial charge < -0.3 is 5.73 Å². The van der Waals surface area contributed by atoms with Gasteiger partial charge in [0.1, 0.15) is 0 Å². The third-order valence-corrected chi connectivity index (χ3v) is 3.64. The lowest BCUT2D eigenvalue weighted by Crippen LogP contribution is -2.40. The van der Waals surface area contributed by atoms with Gasteiger partial charge in [-0.1, -0.05) is 6.92 Å². The zero-order chi connectivity index (χ0) is 9.90. The van der Waals surface area contributed by atoms with Crippen LogP contribution in [0, 0.1) is 0 Å². The summed E-state index contributed by atoms with van der Waals surface area (Å²) < 4.78 is 26.9. The standard InChI is InChI=1S/C7H17N3O2S/c1-2-4-9-13(11,12)10-5-3-7(8)6-10/h7,9H,2-6,8H2,1H3. The predicted molar refractivity (Wildman–Crippen MR) is 51.4 cm³/mol. The number of hydrogen-bond acceptors (Lipinski definition) is 3. The second kappa shape index (κ2) is 4.36. The first kappa shape index (κ1) is 10.9. The van der Waals surface area contributed by atoms with Crippen molar-refractivity contribution in [1.29, 1.82) is 0 Å². The van der Waals surface area contributed by atoms with Gasteiger partial charge in [-0.05, 0) is 12.8 Å². The second-order valence-electron chi connectivity index (χ2n) is 3.31. The molecule has 1 atom stereocenters. The van der Waals surface area contributed by atoms with Gasteiger partial charge in [0.25, 0.3) is 10.2 Å². The Morgan fingerprint density at radius 1 is 1.62 bits per heavy atom. The van der Waals surface area contributed by atoms with Crippen molar-refractivity contribution < 1.29 is 8.42 Å². The van der Waals surface area contributed by atoms with Crippen LogP contribution < -0.4 is 10.5 Å². The van der Waals surface area contributed by atoms with E-state index in [1.165, 1.54) is 4.31 Å². The van der Waals surface area contributed by atoms with E-state index in [1.807, 2.05) is 6.92 Å². The summed E-state index contributed by atoms with van der Waals surface area (Å²) in [6, 6.07) is -0.00167. The Morgan fingerprint density at radius 3 is 2.77 bits per heavy atom. The highest BCUT2D eigenvalue weighted by atomic mass is 32.2. The number of rotatable bonds is 4. The van der Waals surface area contributed by atoms with Crippen molar-refractivity contribution in [3.8, 4) is 0 Å². The molecule has 1 aliphatic rings. The van der Waals surface area contributed by atoms with Crippen LogP contribution in [0.15, 0.2) is 0 Å². The molecule has 0 aromatic heterocycles.